The molecule has 0 fully saturated rings. The highest BCUT2D eigenvalue weighted by atomic mass is 19.1. The number of hydrogen-bond donors (Lipinski definition) is 0. The number of carbonyl (C=O) groups excluding carboxylic acids is 1. The van der Waals surface area contributed by atoms with Crippen molar-refractivity contribution in [2.24, 2.45) is 0 Å². The molecule has 0 unspecified atom stereocenters. The zero-order valence-corrected chi connectivity index (χ0v) is 11.3. The van der Waals surface area contributed by atoms with Crippen LogP contribution >= 0.6 is 0 Å². The van der Waals surface area contributed by atoms with Crippen LogP contribution < -0.4 is 4.74 Å². The number of nitrogens with zero attached hydrogens (tertiary/aromatic N) is 1. The molecule has 21 heavy (non-hydrogen) atoms. The normalized spacial score (nSPS) is 10.6. The van der Waals surface area contributed by atoms with E-state index in [1.54, 1.807) is 24.4 Å². The highest BCUT2D eigenvalue weighted by molar-refractivity contribution is 6.10. The third kappa shape index (κ3) is 2.48. The summed E-state index contributed by atoms with van der Waals surface area (Å²) in [7, 11) is 1.37. The molecule has 0 bridgehead atoms. The molecule has 4 heteroatoms. The van der Waals surface area contributed by atoms with Gasteiger partial charge in [-0.25, -0.2) is 4.39 Å². The summed E-state index contributed by atoms with van der Waals surface area (Å²) < 4.78 is 18.3. The number of fused-ring (bicyclic) bond motifs is 1. The second kappa shape index (κ2) is 5.32. The van der Waals surface area contributed by atoms with Crippen molar-refractivity contribution >= 4 is 16.7 Å². The van der Waals surface area contributed by atoms with Crippen LogP contribution in [0.4, 0.5) is 4.39 Å². The highest BCUT2D eigenvalue weighted by Gasteiger charge is 2.13. The summed E-state index contributed by atoms with van der Waals surface area (Å²) in [6.07, 6.45) is 1.70. The summed E-state index contributed by atoms with van der Waals surface area (Å²) in [4.78, 5) is 16.7. The number of rotatable bonds is 3. The van der Waals surface area contributed by atoms with Gasteiger partial charge in [0.15, 0.2) is 17.3 Å². The van der Waals surface area contributed by atoms with Crippen molar-refractivity contribution in [2.75, 3.05) is 7.11 Å². The predicted molar refractivity (Wildman–Crippen MR) is 78.1 cm³/mol. The first-order valence-corrected chi connectivity index (χ1v) is 6.42. The maximum Gasteiger partial charge on any atom is 0.193 e. The van der Waals surface area contributed by atoms with Crippen LogP contribution in [0.1, 0.15) is 15.9 Å². The lowest BCUT2D eigenvalue weighted by molar-refractivity contribution is 0.103. The molecule has 0 amide bonds. The molecule has 0 atom stereocenters. The Morgan fingerprint density at radius 1 is 1.10 bits per heavy atom. The molecule has 0 spiro atoms. The number of benzene rings is 2. The zero-order chi connectivity index (χ0) is 14.8. The topological polar surface area (TPSA) is 39.2 Å². The Balaban J connectivity index is 2.03. The first-order valence-electron chi connectivity index (χ1n) is 6.42. The molecule has 0 aliphatic carbocycles. The highest BCUT2D eigenvalue weighted by Crippen LogP contribution is 2.22. The first kappa shape index (κ1) is 13.2. The minimum absolute atomic E-state index is 0.0586. The minimum atomic E-state index is -0.489. The third-order valence-corrected chi connectivity index (χ3v) is 3.28. The molecule has 1 heterocycles. The summed E-state index contributed by atoms with van der Waals surface area (Å²) in [6.45, 7) is 0. The van der Waals surface area contributed by atoms with Crippen LogP contribution in [0.15, 0.2) is 54.7 Å². The molecule has 3 rings (SSSR count). The van der Waals surface area contributed by atoms with Crippen LogP contribution in [-0.4, -0.2) is 17.9 Å². The molecule has 0 aliphatic rings. The number of aromatic nitrogens is 1. The van der Waals surface area contributed by atoms with E-state index < -0.39 is 5.82 Å². The predicted octanol–water partition coefficient (Wildman–Crippen LogP) is 3.61. The maximum absolute atomic E-state index is 13.4. The van der Waals surface area contributed by atoms with E-state index in [4.69, 9.17) is 4.74 Å². The molecule has 2 aromatic carbocycles. The lowest BCUT2D eigenvalue weighted by atomic mass is 10.0. The monoisotopic (exact) mass is 281 g/mol. The molecule has 3 nitrogen and oxygen atoms in total. The van der Waals surface area contributed by atoms with Gasteiger partial charge in [0, 0.05) is 22.7 Å². The van der Waals surface area contributed by atoms with Crippen LogP contribution in [0.3, 0.4) is 0 Å². The Labute approximate surface area is 121 Å². The van der Waals surface area contributed by atoms with Gasteiger partial charge in [0.05, 0.1) is 12.6 Å². The molecule has 0 saturated carbocycles. The fourth-order valence-electron chi connectivity index (χ4n) is 2.18. The van der Waals surface area contributed by atoms with Crippen molar-refractivity contribution in [1.82, 2.24) is 4.98 Å². The lowest BCUT2D eigenvalue weighted by Gasteiger charge is -2.06. The van der Waals surface area contributed by atoms with Crippen LogP contribution in [0.5, 0.6) is 5.75 Å². The number of hydrogen-bond acceptors (Lipinski definition) is 3. The van der Waals surface area contributed by atoms with Gasteiger partial charge in [-0.3, -0.25) is 9.78 Å². The first-order chi connectivity index (χ1) is 10.2. The van der Waals surface area contributed by atoms with E-state index in [0.29, 0.717) is 11.1 Å². The van der Waals surface area contributed by atoms with E-state index in [1.165, 1.54) is 25.3 Å². The van der Waals surface area contributed by atoms with Crippen LogP contribution in [0, 0.1) is 5.82 Å². The maximum atomic E-state index is 13.4. The number of ether oxygens (including phenoxy) is 1. The molecular formula is C17H12FNO2. The second-order valence-electron chi connectivity index (χ2n) is 4.59. The second-order valence-corrected chi connectivity index (χ2v) is 4.59. The van der Waals surface area contributed by atoms with Crippen LogP contribution in [0.25, 0.3) is 10.9 Å². The van der Waals surface area contributed by atoms with E-state index in [9.17, 15) is 9.18 Å². The van der Waals surface area contributed by atoms with Crippen molar-refractivity contribution in [3.63, 3.8) is 0 Å². The smallest absolute Gasteiger partial charge is 0.193 e. The van der Waals surface area contributed by atoms with Gasteiger partial charge >= 0.3 is 0 Å². The van der Waals surface area contributed by atoms with Crippen molar-refractivity contribution < 1.29 is 13.9 Å². The Morgan fingerprint density at radius 2 is 1.86 bits per heavy atom. The SMILES string of the molecule is COc1cc(C(=O)c2ccc3ncccc3c2)ccc1F. The largest absolute Gasteiger partial charge is 0.494 e. The number of halogens is 1. The summed E-state index contributed by atoms with van der Waals surface area (Å²) in [5.41, 5.74) is 1.74. The van der Waals surface area contributed by atoms with Crippen molar-refractivity contribution in [3.8, 4) is 5.75 Å². The summed E-state index contributed by atoms with van der Waals surface area (Å²) in [5, 5.41) is 0.887. The van der Waals surface area contributed by atoms with E-state index in [-0.39, 0.29) is 11.5 Å². The average Bonchev–Trinajstić information content (AvgIpc) is 2.54. The minimum Gasteiger partial charge on any atom is -0.494 e. The van der Waals surface area contributed by atoms with Crippen LogP contribution in [0.2, 0.25) is 0 Å². The number of ketones is 1. The molecule has 0 radical (unpaired) electrons. The average molecular weight is 281 g/mol. The molecular weight excluding hydrogens is 269 g/mol. The third-order valence-electron chi connectivity index (χ3n) is 3.28. The summed E-state index contributed by atoms with van der Waals surface area (Å²) in [5.74, 6) is -0.612. The molecule has 3 aromatic rings. The fourth-order valence-corrected chi connectivity index (χ4v) is 2.18. The van der Waals surface area contributed by atoms with Gasteiger partial charge in [0.25, 0.3) is 0 Å². The van der Waals surface area contributed by atoms with Gasteiger partial charge in [0.2, 0.25) is 0 Å². The van der Waals surface area contributed by atoms with E-state index in [2.05, 4.69) is 4.98 Å². The number of carbonyl (C=O) groups is 1. The molecule has 1 aromatic heterocycles. The molecule has 0 N–H and O–H groups in total. The van der Waals surface area contributed by atoms with Gasteiger partial charge < -0.3 is 4.74 Å². The fraction of sp³-hybridized carbons (Fsp3) is 0.0588. The molecule has 0 aliphatic heterocycles. The van der Waals surface area contributed by atoms with E-state index >= 15 is 0 Å². The van der Waals surface area contributed by atoms with Crippen molar-refractivity contribution in [3.05, 3.63) is 71.7 Å². The van der Waals surface area contributed by atoms with Gasteiger partial charge in [-0.05, 0) is 42.5 Å². The quantitative estimate of drug-likeness (QED) is 0.688. The zero-order valence-electron chi connectivity index (χ0n) is 11.3. The van der Waals surface area contributed by atoms with Crippen molar-refractivity contribution in [2.45, 2.75) is 0 Å². The standard InChI is InChI=1S/C17H12FNO2/c1-21-16-10-13(4-6-14(16)18)17(20)12-5-7-15-11(9-12)3-2-8-19-15/h2-10H,1H3. The Hall–Kier alpha value is -2.75. The number of pyridine rings is 1. The number of methoxy groups -OCH3 is 1. The van der Waals surface area contributed by atoms with E-state index in [1.807, 2.05) is 12.1 Å². The van der Waals surface area contributed by atoms with Gasteiger partial charge in [-0.1, -0.05) is 6.07 Å². The van der Waals surface area contributed by atoms with Gasteiger partial charge in [0.1, 0.15) is 0 Å². The van der Waals surface area contributed by atoms with Gasteiger partial charge in [-0.15, -0.1) is 0 Å². The summed E-state index contributed by atoms with van der Waals surface area (Å²) in [6, 6.07) is 13.1. The lowest BCUT2D eigenvalue weighted by Crippen LogP contribution is -2.02. The Bertz CT molecular complexity index is 830. The van der Waals surface area contributed by atoms with Gasteiger partial charge in [-0.2, -0.15) is 0 Å². The van der Waals surface area contributed by atoms with E-state index in [0.717, 1.165) is 10.9 Å². The molecule has 104 valence electrons. The summed E-state index contributed by atoms with van der Waals surface area (Å²) >= 11 is 0. The molecule has 0 saturated heterocycles. The Kier molecular flexibility index (Phi) is 3.36. The van der Waals surface area contributed by atoms with Crippen molar-refractivity contribution in [1.29, 1.82) is 0 Å². The Morgan fingerprint density at radius 3 is 2.67 bits per heavy atom. The van der Waals surface area contributed by atoms with Crippen LogP contribution in [-0.2, 0) is 0 Å².